The molecule has 2 aromatic heterocycles. The predicted octanol–water partition coefficient (Wildman–Crippen LogP) is 3.87. The van der Waals surface area contributed by atoms with Crippen LogP contribution in [0.2, 0.25) is 0 Å². The van der Waals surface area contributed by atoms with Crippen molar-refractivity contribution < 1.29 is 4.74 Å². The van der Waals surface area contributed by atoms with E-state index in [0.717, 1.165) is 73.3 Å². The van der Waals surface area contributed by atoms with Crippen LogP contribution in [0.4, 0.5) is 17.5 Å². The Morgan fingerprint density at radius 2 is 1.62 bits per heavy atom. The van der Waals surface area contributed by atoms with Gasteiger partial charge in [0.15, 0.2) is 11.6 Å². The Bertz CT molecular complexity index is 1170. The van der Waals surface area contributed by atoms with E-state index >= 15 is 0 Å². The zero-order chi connectivity index (χ0) is 23.5. The summed E-state index contributed by atoms with van der Waals surface area (Å²) in [5.41, 5.74) is 2.56. The molecular weight excluding hydrogens is 426 g/mol. The number of ether oxygens (including phenoxy) is 1. The van der Waals surface area contributed by atoms with Crippen molar-refractivity contribution in [2.45, 2.75) is 31.7 Å². The molecule has 2 aliphatic rings. The fourth-order valence-corrected chi connectivity index (χ4v) is 4.66. The van der Waals surface area contributed by atoms with Crippen molar-refractivity contribution in [2.75, 3.05) is 62.1 Å². The first-order valence-corrected chi connectivity index (χ1v) is 12.2. The lowest BCUT2D eigenvalue weighted by atomic mass is 10.1. The average molecular weight is 460 g/mol. The van der Waals surface area contributed by atoms with Crippen LogP contribution in [-0.4, -0.2) is 73.4 Å². The number of rotatable bonds is 6. The third kappa shape index (κ3) is 4.82. The van der Waals surface area contributed by atoms with Crippen molar-refractivity contribution in [3.63, 3.8) is 0 Å². The van der Waals surface area contributed by atoms with Gasteiger partial charge in [-0.15, -0.1) is 0 Å². The molecule has 0 bridgehead atoms. The minimum Gasteiger partial charge on any atom is -0.381 e. The van der Waals surface area contributed by atoms with E-state index in [0.29, 0.717) is 11.9 Å². The molecule has 0 saturated carbocycles. The maximum atomic E-state index is 5.57. The number of hydrogen-bond acceptors (Lipinski definition) is 8. The number of nitrogens with zero attached hydrogens (tertiary/aromatic N) is 7. The largest absolute Gasteiger partial charge is 0.381 e. The van der Waals surface area contributed by atoms with Crippen molar-refractivity contribution in [2.24, 2.45) is 0 Å². The molecule has 8 heteroatoms. The van der Waals surface area contributed by atoms with Gasteiger partial charge in [0.2, 0.25) is 0 Å². The van der Waals surface area contributed by atoms with Gasteiger partial charge in [0.05, 0.1) is 11.0 Å². The molecule has 3 aromatic rings. The molecule has 34 heavy (non-hydrogen) atoms. The molecule has 5 rings (SSSR count). The predicted molar refractivity (Wildman–Crippen MR) is 139 cm³/mol. The molecule has 8 nitrogen and oxygen atoms in total. The summed E-state index contributed by atoms with van der Waals surface area (Å²) in [6.07, 6.45) is 8.40. The summed E-state index contributed by atoms with van der Waals surface area (Å²) in [6, 6.07) is 10.5. The molecule has 0 N–H and O–H groups in total. The van der Waals surface area contributed by atoms with Gasteiger partial charge < -0.3 is 19.4 Å². The van der Waals surface area contributed by atoms with Crippen LogP contribution in [0.25, 0.3) is 23.2 Å². The highest BCUT2D eigenvalue weighted by atomic mass is 16.5. The average Bonchev–Trinajstić information content (AvgIpc) is 3.42. The minimum absolute atomic E-state index is 0.429. The van der Waals surface area contributed by atoms with Gasteiger partial charge in [-0.2, -0.15) is 0 Å². The summed E-state index contributed by atoms with van der Waals surface area (Å²) < 4.78 is 5.57. The molecule has 0 amide bonds. The van der Waals surface area contributed by atoms with Gasteiger partial charge in [-0.1, -0.05) is 12.1 Å². The lowest BCUT2D eigenvalue weighted by Crippen LogP contribution is -2.37. The van der Waals surface area contributed by atoms with E-state index in [-0.39, 0.29) is 0 Å². The second-order valence-electron chi connectivity index (χ2n) is 9.24. The molecular formula is C26H33N7O. The standard InChI is InChI=1S/C26H33N7O/c1-31(2)26-22(27-20-8-4-5-9-21(20)28-26)10-11-23-29-24(32(3)19-12-16-34-17-13-19)18-25(30-23)33-14-6-7-15-33/h4-5,8-11,18-19H,6-7,12-17H2,1-3H3/b11-10+. The first kappa shape index (κ1) is 22.5. The van der Waals surface area contributed by atoms with Crippen LogP contribution < -0.4 is 14.7 Å². The Morgan fingerprint density at radius 3 is 2.32 bits per heavy atom. The fraction of sp³-hybridized carbons (Fsp3) is 0.462. The third-order valence-electron chi connectivity index (χ3n) is 6.64. The SMILES string of the molecule is CN(C)c1nc2ccccc2nc1/C=C/c1nc(N2CCCC2)cc(N(C)C2CCOCC2)n1. The number of aromatic nitrogens is 4. The number of fused-ring (bicyclic) bond motifs is 1. The van der Waals surface area contributed by atoms with E-state index in [1.165, 1.54) is 12.8 Å². The zero-order valence-corrected chi connectivity index (χ0v) is 20.3. The highest BCUT2D eigenvalue weighted by Crippen LogP contribution is 2.27. The van der Waals surface area contributed by atoms with Crippen LogP contribution in [0.3, 0.4) is 0 Å². The van der Waals surface area contributed by atoms with E-state index in [9.17, 15) is 0 Å². The monoisotopic (exact) mass is 459 g/mol. The third-order valence-corrected chi connectivity index (χ3v) is 6.64. The van der Waals surface area contributed by atoms with Crippen molar-refractivity contribution in [1.82, 2.24) is 19.9 Å². The summed E-state index contributed by atoms with van der Waals surface area (Å²) in [7, 11) is 6.11. The van der Waals surface area contributed by atoms with Gasteiger partial charge >= 0.3 is 0 Å². The number of anilines is 3. The molecule has 0 aliphatic carbocycles. The van der Waals surface area contributed by atoms with Crippen LogP contribution in [0, 0.1) is 0 Å². The molecule has 0 spiro atoms. The maximum absolute atomic E-state index is 5.57. The first-order chi connectivity index (χ1) is 16.6. The molecule has 2 aliphatic heterocycles. The van der Waals surface area contributed by atoms with Crippen molar-refractivity contribution in [1.29, 1.82) is 0 Å². The molecule has 4 heterocycles. The van der Waals surface area contributed by atoms with Gasteiger partial charge in [0, 0.05) is 59.6 Å². The quantitative estimate of drug-likeness (QED) is 0.550. The Hall–Kier alpha value is -3.26. The smallest absolute Gasteiger partial charge is 0.156 e. The van der Waals surface area contributed by atoms with Crippen molar-refractivity contribution in [3.8, 4) is 0 Å². The number of para-hydroxylation sites is 2. The fourth-order valence-electron chi connectivity index (χ4n) is 4.66. The van der Waals surface area contributed by atoms with Crippen molar-refractivity contribution >= 4 is 40.6 Å². The van der Waals surface area contributed by atoms with Crippen LogP contribution >= 0.6 is 0 Å². The van der Waals surface area contributed by atoms with Crippen LogP contribution in [0.5, 0.6) is 0 Å². The molecule has 0 unspecified atom stereocenters. The lowest BCUT2D eigenvalue weighted by Gasteiger charge is -2.32. The maximum Gasteiger partial charge on any atom is 0.156 e. The Kier molecular flexibility index (Phi) is 6.58. The molecule has 2 saturated heterocycles. The molecule has 1 aromatic carbocycles. The van der Waals surface area contributed by atoms with E-state index in [1.807, 2.05) is 55.4 Å². The van der Waals surface area contributed by atoms with Gasteiger partial charge in [-0.3, -0.25) is 0 Å². The topological polar surface area (TPSA) is 70.5 Å². The first-order valence-electron chi connectivity index (χ1n) is 12.2. The van der Waals surface area contributed by atoms with E-state index in [2.05, 4.69) is 22.9 Å². The van der Waals surface area contributed by atoms with Gasteiger partial charge in [0.25, 0.3) is 0 Å². The second-order valence-corrected chi connectivity index (χ2v) is 9.24. The highest BCUT2D eigenvalue weighted by molar-refractivity contribution is 5.81. The zero-order valence-electron chi connectivity index (χ0n) is 20.3. The highest BCUT2D eigenvalue weighted by Gasteiger charge is 2.22. The van der Waals surface area contributed by atoms with E-state index < -0.39 is 0 Å². The molecule has 0 atom stereocenters. The Balaban J connectivity index is 1.51. The number of hydrogen-bond donors (Lipinski definition) is 0. The van der Waals surface area contributed by atoms with E-state index in [1.54, 1.807) is 0 Å². The van der Waals surface area contributed by atoms with Crippen molar-refractivity contribution in [3.05, 3.63) is 41.9 Å². The van der Waals surface area contributed by atoms with Gasteiger partial charge in [-0.25, -0.2) is 19.9 Å². The van der Waals surface area contributed by atoms with Crippen LogP contribution in [0.1, 0.15) is 37.2 Å². The molecule has 178 valence electrons. The second kappa shape index (κ2) is 9.93. The normalized spacial score (nSPS) is 17.1. The van der Waals surface area contributed by atoms with Gasteiger partial charge in [-0.05, 0) is 50.0 Å². The van der Waals surface area contributed by atoms with Crippen LogP contribution in [-0.2, 0) is 4.74 Å². The lowest BCUT2D eigenvalue weighted by molar-refractivity contribution is 0.0853. The summed E-state index contributed by atoms with van der Waals surface area (Å²) in [6.45, 7) is 3.70. The summed E-state index contributed by atoms with van der Waals surface area (Å²) >= 11 is 0. The summed E-state index contributed by atoms with van der Waals surface area (Å²) in [5.74, 6) is 3.47. The number of benzene rings is 1. The summed E-state index contributed by atoms with van der Waals surface area (Å²) in [4.78, 5) is 26.2. The van der Waals surface area contributed by atoms with Crippen LogP contribution in [0.15, 0.2) is 30.3 Å². The summed E-state index contributed by atoms with van der Waals surface area (Å²) in [5, 5.41) is 0. The molecule has 2 fully saturated rings. The Morgan fingerprint density at radius 1 is 0.912 bits per heavy atom. The minimum atomic E-state index is 0.429. The Labute approximate surface area is 201 Å². The van der Waals surface area contributed by atoms with Gasteiger partial charge in [0.1, 0.15) is 17.3 Å². The molecule has 0 radical (unpaired) electrons. The van der Waals surface area contributed by atoms with E-state index in [4.69, 9.17) is 24.7 Å².